The molecule has 0 aromatic carbocycles. The molecule has 0 radical (unpaired) electrons. The summed E-state index contributed by atoms with van der Waals surface area (Å²) in [5.74, 6) is 1.72. The smallest absolute Gasteiger partial charge is 0.0254 e. The number of rotatable bonds is 3. The van der Waals surface area contributed by atoms with Gasteiger partial charge in [-0.2, -0.15) is 0 Å². The largest absolute Gasteiger partial charge is 0.313 e. The number of likely N-dealkylation sites (N-methyl/N-ethyl adjacent to an activating group) is 1. The van der Waals surface area contributed by atoms with Gasteiger partial charge in [0.25, 0.3) is 0 Å². The van der Waals surface area contributed by atoms with Crippen molar-refractivity contribution in [2.24, 2.45) is 11.8 Å². The van der Waals surface area contributed by atoms with Gasteiger partial charge in [-0.15, -0.1) is 0 Å². The Balaban J connectivity index is 1.80. The average molecular weight is 239 g/mol. The number of hydrogen-bond donors (Lipinski definition) is 1. The summed E-state index contributed by atoms with van der Waals surface area (Å²) in [4.78, 5) is 5.05. The van der Waals surface area contributed by atoms with Gasteiger partial charge in [-0.3, -0.25) is 4.90 Å². The van der Waals surface area contributed by atoms with Crippen molar-refractivity contribution in [2.75, 3.05) is 40.3 Å². The van der Waals surface area contributed by atoms with Crippen molar-refractivity contribution in [2.45, 2.75) is 38.8 Å². The third kappa shape index (κ3) is 3.43. The molecule has 1 N–H and O–H groups in total. The lowest BCUT2D eigenvalue weighted by Gasteiger charge is -2.31. The Bertz CT molecular complexity index is 242. The second-order valence-corrected chi connectivity index (χ2v) is 6.51. The molecule has 2 heterocycles. The molecule has 100 valence electrons. The topological polar surface area (TPSA) is 18.5 Å². The Hall–Kier alpha value is -0.120. The summed E-state index contributed by atoms with van der Waals surface area (Å²) in [6.45, 7) is 9.77. The molecule has 0 aliphatic carbocycles. The van der Waals surface area contributed by atoms with E-state index in [-0.39, 0.29) is 0 Å². The zero-order valence-electron chi connectivity index (χ0n) is 11.9. The molecule has 0 aromatic heterocycles. The highest BCUT2D eigenvalue weighted by Crippen LogP contribution is 2.22. The predicted octanol–water partition coefficient (Wildman–Crippen LogP) is 1.26. The van der Waals surface area contributed by atoms with Gasteiger partial charge in [0.1, 0.15) is 0 Å². The van der Waals surface area contributed by atoms with Crippen LogP contribution in [0.5, 0.6) is 0 Å². The minimum Gasteiger partial charge on any atom is -0.313 e. The van der Waals surface area contributed by atoms with Gasteiger partial charge in [-0.1, -0.05) is 13.8 Å². The van der Waals surface area contributed by atoms with Gasteiger partial charge in [0, 0.05) is 31.7 Å². The van der Waals surface area contributed by atoms with E-state index in [4.69, 9.17) is 0 Å². The molecule has 0 aromatic rings. The number of nitrogens with one attached hydrogen (secondary N) is 1. The van der Waals surface area contributed by atoms with E-state index in [9.17, 15) is 0 Å². The molecule has 0 spiro atoms. The number of nitrogens with zero attached hydrogens (tertiary/aromatic N) is 2. The number of piperidine rings is 1. The fourth-order valence-corrected chi connectivity index (χ4v) is 3.54. The third-order valence-corrected chi connectivity index (χ3v) is 4.55. The number of hydrogen-bond acceptors (Lipinski definition) is 3. The maximum Gasteiger partial charge on any atom is 0.0254 e. The Morgan fingerprint density at radius 3 is 2.59 bits per heavy atom. The van der Waals surface area contributed by atoms with Gasteiger partial charge in [0.05, 0.1) is 0 Å². The third-order valence-electron chi connectivity index (χ3n) is 4.55. The lowest BCUT2D eigenvalue weighted by Crippen LogP contribution is -2.45. The lowest BCUT2D eigenvalue weighted by molar-refractivity contribution is 0.218. The second kappa shape index (κ2) is 5.68. The van der Waals surface area contributed by atoms with E-state index in [1.54, 1.807) is 0 Å². The molecule has 17 heavy (non-hydrogen) atoms. The van der Waals surface area contributed by atoms with Crippen molar-refractivity contribution in [1.29, 1.82) is 0 Å². The Morgan fingerprint density at radius 1 is 1.24 bits per heavy atom. The van der Waals surface area contributed by atoms with Gasteiger partial charge >= 0.3 is 0 Å². The first-order valence-corrected chi connectivity index (χ1v) is 7.18. The molecular formula is C14H29N3. The molecule has 0 saturated carbocycles. The zero-order chi connectivity index (χ0) is 12.4. The minimum atomic E-state index is 0.729. The molecule has 3 heteroatoms. The van der Waals surface area contributed by atoms with Crippen LogP contribution in [0.1, 0.15) is 26.7 Å². The lowest BCUT2D eigenvalue weighted by atomic mass is 9.94. The standard InChI is InChI=1S/C14H29N3/c1-11-5-6-15-13(7-11)9-17-8-12(2)14(10-17)16(3)4/h11-15H,5-10H2,1-4H3. The van der Waals surface area contributed by atoms with Gasteiger partial charge in [-0.25, -0.2) is 0 Å². The van der Waals surface area contributed by atoms with Gasteiger partial charge in [-0.05, 0) is 45.3 Å². The van der Waals surface area contributed by atoms with Crippen molar-refractivity contribution >= 4 is 0 Å². The molecule has 2 aliphatic heterocycles. The summed E-state index contributed by atoms with van der Waals surface area (Å²) >= 11 is 0. The van der Waals surface area contributed by atoms with E-state index in [1.165, 1.54) is 39.0 Å². The van der Waals surface area contributed by atoms with Crippen molar-refractivity contribution in [3.8, 4) is 0 Å². The molecule has 0 bridgehead atoms. The molecule has 2 aliphatic rings. The van der Waals surface area contributed by atoms with Crippen molar-refractivity contribution in [3.63, 3.8) is 0 Å². The maximum absolute atomic E-state index is 3.68. The van der Waals surface area contributed by atoms with Crippen LogP contribution in [-0.2, 0) is 0 Å². The molecule has 4 unspecified atom stereocenters. The molecule has 3 nitrogen and oxygen atoms in total. The summed E-state index contributed by atoms with van der Waals surface area (Å²) in [7, 11) is 4.43. The summed E-state index contributed by atoms with van der Waals surface area (Å²) in [5.41, 5.74) is 0. The van der Waals surface area contributed by atoms with Crippen molar-refractivity contribution in [1.82, 2.24) is 15.1 Å². The molecule has 2 fully saturated rings. The van der Waals surface area contributed by atoms with Gasteiger partial charge in [0.2, 0.25) is 0 Å². The fourth-order valence-electron chi connectivity index (χ4n) is 3.54. The maximum atomic E-state index is 3.68. The molecule has 4 atom stereocenters. The summed E-state index contributed by atoms with van der Waals surface area (Å²) in [6, 6.07) is 1.47. The highest BCUT2D eigenvalue weighted by molar-refractivity contribution is 4.89. The summed E-state index contributed by atoms with van der Waals surface area (Å²) < 4.78 is 0. The van der Waals surface area contributed by atoms with Crippen LogP contribution >= 0.6 is 0 Å². The van der Waals surface area contributed by atoms with E-state index in [1.807, 2.05) is 0 Å². The van der Waals surface area contributed by atoms with Crippen LogP contribution in [0.4, 0.5) is 0 Å². The van der Waals surface area contributed by atoms with Crippen molar-refractivity contribution in [3.05, 3.63) is 0 Å². The highest BCUT2D eigenvalue weighted by Gasteiger charge is 2.32. The van der Waals surface area contributed by atoms with Crippen LogP contribution in [0.3, 0.4) is 0 Å². The van der Waals surface area contributed by atoms with E-state index in [2.05, 4.69) is 43.1 Å². The first-order valence-electron chi connectivity index (χ1n) is 7.18. The van der Waals surface area contributed by atoms with Crippen molar-refractivity contribution < 1.29 is 0 Å². The SMILES string of the molecule is CC1CCNC(CN2CC(C)C(N(C)C)C2)C1. The molecule has 0 amide bonds. The highest BCUT2D eigenvalue weighted by atomic mass is 15.2. The van der Waals surface area contributed by atoms with Crippen LogP contribution in [0, 0.1) is 11.8 Å². The van der Waals surface area contributed by atoms with Crippen LogP contribution in [-0.4, -0.2) is 62.2 Å². The molecular weight excluding hydrogens is 210 g/mol. The van der Waals surface area contributed by atoms with Gasteiger partial charge in [0.15, 0.2) is 0 Å². The second-order valence-electron chi connectivity index (χ2n) is 6.51. The van der Waals surface area contributed by atoms with E-state index >= 15 is 0 Å². The van der Waals surface area contributed by atoms with E-state index in [0.29, 0.717) is 0 Å². The predicted molar refractivity (Wildman–Crippen MR) is 73.3 cm³/mol. The molecule has 2 rings (SSSR count). The zero-order valence-corrected chi connectivity index (χ0v) is 11.9. The fraction of sp³-hybridized carbons (Fsp3) is 1.00. The summed E-state index contributed by atoms with van der Waals surface area (Å²) in [6.07, 6.45) is 2.71. The van der Waals surface area contributed by atoms with Crippen LogP contribution in [0.25, 0.3) is 0 Å². The van der Waals surface area contributed by atoms with Crippen LogP contribution in [0.15, 0.2) is 0 Å². The van der Waals surface area contributed by atoms with Crippen LogP contribution < -0.4 is 5.32 Å². The quantitative estimate of drug-likeness (QED) is 0.800. The first kappa shape index (κ1) is 13.3. The van der Waals surface area contributed by atoms with E-state index in [0.717, 1.165) is 23.9 Å². The van der Waals surface area contributed by atoms with E-state index < -0.39 is 0 Å². The minimum absolute atomic E-state index is 0.729. The monoisotopic (exact) mass is 239 g/mol. The van der Waals surface area contributed by atoms with Crippen LogP contribution in [0.2, 0.25) is 0 Å². The Labute approximate surface area is 107 Å². The number of likely N-dealkylation sites (tertiary alicyclic amines) is 1. The molecule has 2 saturated heterocycles. The normalized spacial score (nSPS) is 40.1. The average Bonchev–Trinajstić information content (AvgIpc) is 2.59. The van der Waals surface area contributed by atoms with Gasteiger partial charge < -0.3 is 10.2 Å². The Morgan fingerprint density at radius 2 is 2.00 bits per heavy atom. The Kier molecular flexibility index (Phi) is 4.45. The summed E-state index contributed by atoms with van der Waals surface area (Å²) in [5, 5.41) is 3.68. The first-order chi connectivity index (χ1) is 8.06.